The molecule has 0 saturated carbocycles. The van der Waals surface area contributed by atoms with E-state index >= 15 is 0 Å². The molecule has 0 aliphatic heterocycles. The molecule has 3 rings (SSSR count). The van der Waals surface area contributed by atoms with Gasteiger partial charge in [-0.1, -0.05) is 23.7 Å². The summed E-state index contributed by atoms with van der Waals surface area (Å²) in [5.74, 6) is 0.486. The second-order valence-electron chi connectivity index (χ2n) is 5.98. The van der Waals surface area contributed by atoms with Crippen molar-refractivity contribution in [1.82, 2.24) is 4.98 Å². The fraction of sp³-hybridized carbons (Fsp3) is 0.278. The summed E-state index contributed by atoms with van der Waals surface area (Å²) in [6, 6.07) is 6.57. The highest BCUT2D eigenvalue weighted by Crippen LogP contribution is 2.36. The van der Waals surface area contributed by atoms with E-state index in [1.807, 2.05) is 6.92 Å². The van der Waals surface area contributed by atoms with Gasteiger partial charge in [-0.05, 0) is 28.9 Å². The molecule has 0 saturated heterocycles. The Morgan fingerprint density at radius 3 is 2.92 bits per heavy atom. The first-order valence-electron chi connectivity index (χ1n) is 7.99. The van der Waals surface area contributed by atoms with Crippen molar-refractivity contribution < 1.29 is 13.5 Å². The maximum Gasteiger partial charge on any atom is 0.177 e. The number of nitrogens with one attached hydrogen (secondary N) is 1. The topological polar surface area (TPSA) is 73.3 Å². The summed E-state index contributed by atoms with van der Waals surface area (Å²) in [6.07, 6.45) is 0.554. The second-order valence-corrected chi connectivity index (χ2v) is 7.16. The van der Waals surface area contributed by atoms with Gasteiger partial charge in [-0.25, -0.2) is 9.37 Å². The average molecular weight is 443 g/mol. The van der Waals surface area contributed by atoms with Crippen LogP contribution in [-0.2, 0) is 13.0 Å². The van der Waals surface area contributed by atoms with Crippen LogP contribution in [0, 0.1) is 5.82 Å². The van der Waals surface area contributed by atoms with Crippen LogP contribution in [0.3, 0.4) is 0 Å². The van der Waals surface area contributed by atoms with E-state index in [2.05, 4.69) is 26.2 Å². The number of aromatic nitrogens is 1. The van der Waals surface area contributed by atoms with Gasteiger partial charge in [0.1, 0.15) is 16.4 Å². The number of halogens is 3. The molecule has 2 aromatic heterocycles. The summed E-state index contributed by atoms with van der Waals surface area (Å²) in [6.45, 7) is 2.13. The molecule has 138 valence electrons. The number of nitrogens with zero attached hydrogens (tertiary/aromatic N) is 1. The molecular weight excluding hydrogens is 425 g/mol. The van der Waals surface area contributed by atoms with Crippen LogP contribution in [0.5, 0.6) is 5.75 Å². The Morgan fingerprint density at radius 1 is 1.46 bits per heavy atom. The van der Waals surface area contributed by atoms with Crippen LogP contribution in [0.2, 0.25) is 5.15 Å². The van der Waals surface area contributed by atoms with Crippen LogP contribution in [0.4, 0.5) is 10.1 Å². The predicted octanol–water partition coefficient (Wildman–Crippen LogP) is 4.89. The van der Waals surface area contributed by atoms with Crippen molar-refractivity contribution >= 4 is 44.3 Å². The van der Waals surface area contributed by atoms with Gasteiger partial charge in [-0.3, -0.25) is 0 Å². The molecule has 0 radical (unpaired) electrons. The zero-order valence-corrected chi connectivity index (χ0v) is 16.6. The van der Waals surface area contributed by atoms with Crippen molar-refractivity contribution in [2.24, 2.45) is 5.73 Å². The molecule has 1 aromatic carbocycles. The number of furan rings is 1. The fourth-order valence-corrected chi connectivity index (χ4v) is 3.36. The van der Waals surface area contributed by atoms with Crippen LogP contribution < -0.4 is 15.8 Å². The van der Waals surface area contributed by atoms with Gasteiger partial charge in [0, 0.05) is 30.6 Å². The van der Waals surface area contributed by atoms with E-state index in [0.29, 0.717) is 39.7 Å². The minimum absolute atomic E-state index is 0.0652. The smallest absolute Gasteiger partial charge is 0.177 e. The number of pyridine rings is 1. The number of benzene rings is 1. The van der Waals surface area contributed by atoms with E-state index < -0.39 is 5.82 Å². The molecule has 3 aromatic rings. The Hall–Kier alpha value is -1.83. The third-order valence-corrected chi connectivity index (χ3v) is 4.87. The van der Waals surface area contributed by atoms with Gasteiger partial charge in [0.05, 0.1) is 17.3 Å². The molecule has 0 aliphatic carbocycles. The quantitative estimate of drug-likeness (QED) is 0.532. The van der Waals surface area contributed by atoms with Crippen LogP contribution in [0.15, 0.2) is 33.2 Å². The highest BCUT2D eigenvalue weighted by atomic mass is 79.9. The average Bonchev–Trinajstić information content (AvgIpc) is 2.89. The monoisotopic (exact) mass is 441 g/mol. The lowest BCUT2D eigenvalue weighted by Gasteiger charge is -2.10. The van der Waals surface area contributed by atoms with Crippen LogP contribution in [0.1, 0.15) is 18.2 Å². The van der Waals surface area contributed by atoms with Gasteiger partial charge in [0.2, 0.25) is 0 Å². The zero-order chi connectivity index (χ0) is 18.8. The Labute approximate surface area is 163 Å². The first-order chi connectivity index (χ1) is 12.4. The van der Waals surface area contributed by atoms with Crippen LogP contribution in [-0.4, -0.2) is 18.1 Å². The standard InChI is InChI=1S/C18H18BrClFN3O2/c1-9(22)6-13-15(19)17-18(26-13)11(7-14(20)24-17)23-8-10-4-3-5-12(25-2)16(10)21/h3-5,7,9H,6,8,22H2,1-2H3,(H,23,24)/t9-/m0/s1. The summed E-state index contributed by atoms with van der Waals surface area (Å²) in [5.41, 5.74) is 8.09. The predicted molar refractivity (Wildman–Crippen MR) is 104 cm³/mol. The largest absolute Gasteiger partial charge is 0.494 e. The number of anilines is 1. The summed E-state index contributed by atoms with van der Waals surface area (Å²) in [4.78, 5) is 4.31. The molecule has 0 unspecified atom stereocenters. The van der Waals surface area contributed by atoms with Gasteiger partial charge in [0.15, 0.2) is 17.1 Å². The second kappa shape index (κ2) is 7.82. The molecule has 1 atom stereocenters. The van der Waals surface area contributed by atoms with E-state index in [1.165, 1.54) is 7.11 Å². The summed E-state index contributed by atoms with van der Waals surface area (Å²) >= 11 is 9.64. The molecule has 2 heterocycles. The Bertz CT molecular complexity index is 946. The third kappa shape index (κ3) is 3.79. The number of hydrogen-bond donors (Lipinski definition) is 2. The van der Waals surface area contributed by atoms with Crippen LogP contribution >= 0.6 is 27.5 Å². The first kappa shape index (κ1) is 18.9. The summed E-state index contributed by atoms with van der Waals surface area (Å²) in [5, 5.41) is 3.47. The van der Waals surface area contributed by atoms with Gasteiger partial charge in [-0.15, -0.1) is 0 Å². The maximum absolute atomic E-state index is 14.3. The zero-order valence-electron chi connectivity index (χ0n) is 14.3. The number of methoxy groups -OCH3 is 1. The van der Waals surface area contributed by atoms with Crippen LogP contribution in [0.25, 0.3) is 11.1 Å². The number of nitrogens with two attached hydrogens (primary N) is 1. The fourth-order valence-electron chi connectivity index (χ4n) is 2.65. The first-order valence-corrected chi connectivity index (χ1v) is 9.16. The Kier molecular flexibility index (Phi) is 5.70. The number of hydrogen-bond acceptors (Lipinski definition) is 5. The van der Waals surface area contributed by atoms with E-state index in [9.17, 15) is 4.39 Å². The van der Waals surface area contributed by atoms with Crippen molar-refractivity contribution in [3.05, 3.63) is 51.0 Å². The lowest BCUT2D eigenvalue weighted by molar-refractivity contribution is 0.384. The van der Waals surface area contributed by atoms with Gasteiger partial charge < -0.3 is 20.2 Å². The van der Waals surface area contributed by atoms with Crippen molar-refractivity contribution in [3.63, 3.8) is 0 Å². The van der Waals surface area contributed by atoms with Crippen molar-refractivity contribution in [1.29, 1.82) is 0 Å². The van der Waals surface area contributed by atoms with Gasteiger partial charge >= 0.3 is 0 Å². The van der Waals surface area contributed by atoms with Crippen molar-refractivity contribution in [2.45, 2.75) is 25.9 Å². The normalized spacial score (nSPS) is 12.4. The maximum atomic E-state index is 14.3. The summed E-state index contributed by atoms with van der Waals surface area (Å²) in [7, 11) is 1.43. The highest BCUT2D eigenvalue weighted by Gasteiger charge is 2.19. The Balaban J connectivity index is 1.95. The summed E-state index contributed by atoms with van der Waals surface area (Å²) < 4.78 is 26.0. The highest BCUT2D eigenvalue weighted by molar-refractivity contribution is 9.10. The van der Waals surface area contributed by atoms with Crippen molar-refractivity contribution in [2.75, 3.05) is 12.4 Å². The van der Waals surface area contributed by atoms with Gasteiger partial charge in [-0.2, -0.15) is 0 Å². The third-order valence-electron chi connectivity index (χ3n) is 3.86. The molecule has 5 nitrogen and oxygen atoms in total. The minimum Gasteiger partial charge on any atom is -0.494 e. The number of ether oxygens (including phenoxy) is 1. The number of fused-ring (bicyclic) bond motifs is 1. The van der Waals surface area contributed by atoms with E-state index in [4.69, 9.17) is 26.5 Å². The molecule has 8 heteroatoms. The molecule has 0 spiro atoms. The molecule has 0 aliphatic rings. The van der Waals surface area contributed by atoms with Gasteiger partial charge in [0.25, 0.3) is 0 Å². The molecule has 26 heavy (non-hydrogen) atoms. The molecule has 0 amide bonds. The molecule has 0 fully saturated rings. The lowest BCUT2D eigenvalue weighted by atomic mass is 10.2. The molecule has 3 N–H and O–H groups in total. The molecular formula is C18H18BrClFN3O2. The van der Waals surface area contributed by atoms with E-state index in [-0.39, 0.29) is 18.3 Å². The lowest BCUT2D eigenvalue weighted by Crippen LogP contribution is -2.17. The van der Waals surface area contributed by atoms with Crippen molar-refractivity contribution in [3.8, 4) is 5.75 Å². The van der Waals surface area contributed by atoms with E-state index in [1.54, 1.807) is 24.3 Å². The minimum atomic E-state index is -0.405. The van der Waals surface area contributed by atoms with E-state index in [0.717, 1.165) is 4.47 Å². The SMILES string of the molecule is COc1cccc(CNc2cc(Cl)nc3c(Br)c(C[C@H](C)N)oc23)c1F. The molecule has 0 bridgehead atoms. The number of rotatable bonds is 6. The Morgan fingerprint density at radius 2 is 2.23 bits per heavy atom.